The monoisotopic (exact) mass is 782 g/mol. The molecule has 0 saturated carbocycles. The SMILES string of the molecule is CCCCCCCCOc1cc(-c2ccc(C(=O)CC(=O)c3ccc(-c4ccc(C(=O)O)cc4)[nH]3)[nH]2)cc(OCCCCCCCC)c1OCCCCCCCC. The molecule has 3 N–H and O–H groups in total. The van der Waals surface area contributed by atoms with Gasteiger partial charge in [-0.15, -0.1) is 0 Å². The number of rotatable bonds is 31. The summed E-state index contributed by atoms with van der Waals surface area (Å²) < 4.78 is 19.4. The summed E-state index contributed by atoms with van der Waals surface area (Å²) in [6.07, 6.45) is 20.6. The summed E-state index contributed by atoms with van der Waals surface area (Å²) in [5.74, 6) is 0.249. The lowest BCUT2D eigenvalue weighted by atomic mass is 10.1. The van der Waals surface area contributed by atoms with Gasteiger partial charge >= 0.3 is 5.97 Å². The third-order valence-corrected chi connectivity index (χ3v) is 10.3. The Morgan fingerprint density at radius 2 is 0.895 bits per heavy atom. The minimum absolute atomic E-state index is 0.180. The summed E-state index contributed by atoms with van der Waals surface area (Å²) in [5, 5.41) is 9.20. The second kappa shape index (κ2) is 25.5. The highest BCUT2D eigenvalue weighted by Crippen LogP contribution is 2.42. The number of aromatic carboxylic acids is 1. The number of hydrogen-bond donors (Lipinski definition) is 3. The van der Waals surface area contributed by atoms with E-state index in [1.807, 2.05) is 18.2 Å². The quantitative estimate of drug-likeness (QED) is 0.0263. The molecule has 2 heterocycles. The van der Waals surface area contributed by atoms with Crippen LogP contribution in [-0.2, 0) is 0 Å². The standard InChI is InChI=1S/C48H66N2O7/c1-4-7-10-13-16-19-30-55-45-33-38(34-46(56-31-20-17-14-11-8-5-2)47(45)57-32-21-18-15-12-9-6-3)40-27-29-42(50-40)44(52)35-43(51)41-28-26-39(49-41)36-22-24-37(25-23-36)48(53)54/h22-29,33-34,49-50H,4-21,30-32,35H2,1-3H3,(H,53,54). The van der Waals surface area contributed by atoms with Gasteiger partial charge in [0.1, 0.15) is 0 Å². The molecule has 57 heavy (non-hydrogen) atoms. The van der Waals surface area contributed by atoms with E-state index in [-0.39, 0.29) is 23.6 Å². The first-order valence-corrected chi connectivity index (χ1v) is 21.7. The van der Waals surface area contributed by atoms with Crippen LogP contribution in [0.3, 0.4) is 0 Å². The fraction of sp³-hybridized carbons (Fsp3) is 0.521. The summed E-state index contributed by atoms with van der Waals surface area (Å²) in [4.78, 5) is 44.2. The summed E-state index contributed by atoms with van der Waals surface area (Å²) >= 11 is 0. The van der Waals surface area contributed by atoms with Gasteiger partial charge in [0.15, 0.2) is 23.1 Å². The van der Waals surface area contributed by atoms with Crippen LogP contribution in [0.4, 0.5) is 0 Å². The number of carbonyl (C=O) groups excluding carboxylic acids is 2. The first kappa shape index (κ1) is 44.9. The second-order valence-electron chi connectivity index (χ2n) is 15.1. The van der Waals surface area contributed by atoms with Gasteiger partial charge in [-0.25, -0.2) is 4.79 Å². The molecule has 0 saturated heterocycles. The normalized spacial score (nSPS) is 11.1. The Bertz CT molecular complexity index is 1750. The van der Waals surface area contributed by atoms with E-state index in [0.717, 1.165) is 49.7 Å². The molecule has 0 aliphatic heterocycles. The van der Waals surface area contributed by atoms with Crippen LogP contribution in [0.5, 0.6) is 17.2 Å². The summed E-state index contributed by atoms with van der Waals surface area (Å²) in [7, 11) is 0. The highest BCUT2D eigenvalue weighted by molar-refractivity contribution is 6.12. The number of carbonyl (C=O) groups is 3. The van der Waals surface area contributed by atoms with E-state index in [1.54, 1.807) is 30.3 Å². The lowest BCUT2D eigenvalue weighted by Crippen LogP contribution is -2.09. The smallest absolute Gasteiger partial charge is 0.335 e. The van der Waals surface area contributed by atoms with Crippen molar-refractivity contribution in [2.24, 2.45) is 0 Å². The van der Waals surface area contributed by atoms with Gasteiger partial charge in [0.25, 0.3) is 0 Å². The number of aromatic amines is 2. The molecule has 9 nitrogen and oxygen atoms in total. The molecule has 310 valence electrons. The van der Waals surface area contributed by atoms with Crippen molar-refractivity contribution in [1.29, 1.82) is 0 Å². The van der Waals surface area contributed by atoms with Gasteiger partial charge in [-0.3, -0.25) is 9.59 Å². The Hall–Kier alpha value is -4.79. The topological polar surface area (TPSA) is 131 Å². The van der Waals surface area contributed by atoms with Crippen LogP contribution in [0.15, 0.2) is 60.7 Å². The molecule has 2 aromatic carbocycles. The Balaban J connectivity index is 1.50. The van der Waals surface area contributed by atoms with E-state index >= 15 is 0 Å². The average molecular weight is 783 g/mol. The van der Waals surface area contributed by atoms with Crippen molar-refractivity contribution in [2.45, 2.75) is 143 Å². The zero-order chi connectivity index (χ0) is 40.7. The van der Waals surface area contributed by atoms with E-state index in [0.29, 0.717) is 59.8 Å². The zero-order valence-corrected chi connectivity index (χ0v) is 34.7. The first-order valence-electron chi connectivity index (χ1n) is 21.7. The Labute approximate surface area is 340 Å². The number of carboxylic acid groups (broad SMARTS) is 1. The van der Waals surface area contributed by atoms with E-state index < -0.39 is 5.97 Å². The molecule has 0 aliphatic rings. The van der Waals surface area contributed by atoms with Gasteiger partial charge in [-0.05, 0) is 73.4 Å². The van der Waals surface area contributed by atoms with Crippen LogP contribution in [-0.4, -0.2) is 52.4 Å². The number of ether oxygens (including phenoxy) is 3. The molecule has 0 radical (unpaired) electrons. The number of Topliss-reactive ketones (excluding diaryl/α,β-unsaturated/α-hetero) is 2. The molecule has 0 amide bonds. The van der Waals surface area contributed by atoms with Crippen molar-refractivity contribution >= 4 is 17.5 Å². The fourth-order valence-corrected chi connectivity index (χ4v) is 6.86. The summed E-state index contributed by atoms with van der Waals surface area (Å²) in [6, 6.07) is 17.3. The number of unbranched alkanes of at least 4 members (excludes halogenated alkanes) is 15. The zero-order valence-electron chi connectivity index (χ0n) is 34.7. The summed E-state index contributed by atoms with van der Waals surface area (Å²) in [5.41, 5.74) is 3.75. The molecule has 0 atom stereocenters. The molecule has 4 aromatic rings. The highest BCUT2D eigenvalue weighted by Gasteiger charge is 2.21. The van der Waals surface area contributed by atoms with Crippen LogP contribution in [0.25, 0.3) is 22.5 Å². The molecular weight excluding hydrogens is 717 g/mol. The third-order valence-electron chi connectivity index (χ3n) is 10.3. The molecule has 2 aromatic heterocycles. The van der Waals surface area contributed by atoms with Crippen molar-refractivity contribution in [3.63, 3.8) is 0 Å². The predicted octanol–water partition coefficient (Wildman–Crippen LogP) is 13.0. The molecule has 0 unspecified atom stereocenters. The van der Waals surface area contributed by atoms with Crippen molar-refractivity contribution in [1.82, 2.24) is 9.97 Å². The lowest BCUT2D eigenvalue weighted by molar-refractivity contribution is 0.0696. The molecular formula is C48H66N2O7. The van der Waals surface area contributed by atoms with Crippen molar-refractivity contribution in [3.05, 3.63) is 77.6 Å². The minimum Gasteiger partial charge on any atom is -0.490 e. The number of aromatic nitrogens is 2. The Morgan fingerprint density at radius 1 is 0.491 bits per heavy atom. The van der Waals surface area contributed by atoms with Gasteiger partial charge in [0.05, 0.1) is 43.2 Å². The van der Waals surface area contributed by atoms with Gasteiger partial charge < -0.3 is 29.3 Å². The summed E-state index contributed by atoms with van der Waals surface area (Å²) in [6.45, 7) is 8.42. The highest BCUT2D eigenvalue weighted by atomic mass is 16.5. The van der Waals surface area contributed by atoms with Crippen molar-refractivity contribution in [3.8, 4) is 39.8 Å². The lowest BCUT2D eigenvalue weighted by Gasteiger charge is -2.19. The fourth-order valence-electron chi connectivity index (χ4n) is 6.86. The van der Waals surface area contributed by atoms with Gasteiger partial charge in [0, 0.05) is 17.0 Å². The number of ketones is 2. The Kier molecular flexibility index (Phi) is 20.1. The van der Waals surface area contributed by atoms with Crippen LogP contribution < -0.4 is 14.2 Å². The molecule has 0 spiro atoms. The first-order chi connectivity index (χ1) is 27.8. The van der Waals surface area contributed by atoms with E-state index in [9.17, 15) is 19.5 Å². The molecule has 4 rings (SSSR count). The van der Waals surface area contributed by atoms with E-state index in [1.165, 1.54) is 89.2 Å². The van der Waals surface area contributed by atoms with Crippen LogP contribution >= 0.6 is 0 Å². The molecule has 0 fully saturated rings. The molecule has 0 aliphatic carbocycles. The van der Waals surface area contributed by atoms with Crippen LogP contribution in [0.2, 0.25) is 0 Å². The van der Waals surface area contributed by atoms with Crippen molar-refractivity contribution < 1.29 is 33.7 Å². The predicted molar refractivity (Wildman–Crippen MR) is 229 cm³/mol. The molecule has 0 bridgehead atoms. The van der Waals surface area contributed by atoms with Gasteiger partial charge in [0.2, 0.25) is 5.75 Å². The van der Waals surface area contributed by atoms with Gasteiger partial charge in [-0.1, -0.05) is 129 Å². The average Bonchev–Trinajstić information content (AvgIpc) is 3.92. The largest absolute Gasteiger partial charge is 0.490 e. The minimum atomic E-state index is -1.01. The third kappa shape index (κ3) is 15.2. The van der Waals surface area contributed by atoms with E-state index in [2.05, 4.69) is 30.7 Å². The number of benzene rings is 2. The maximum Gasteiger partial charge on any atom is 0.335 e. The Morgan fingerprint density at radius 3 is 1.33 bits per heavy atom. The maximum absolute atomic E-state index is 13.4. The number of nitrogens with one attached hydrogen (secondary N) is 2. The maximum atomic E-state index is 13.4. The molecule has 9 heteroatoms. The number of H-pyrrole nitrogens is 2. The number of carboxylic acids is 1. The second-order valence-corrected chi connectivity index (χ2v) is 15.1. The van der Waals surface area contributed by atoms with Gasteiger partial charge in [-0.2, -0.15) is 0 Å². The van der Waals surface area contributed by atoms with Crippen LogP contribution in [0.1, 0.15) is 174 Å². The van der Waals surface area contributed by atoms with E-state index in [4.69, 9.17) is 14.2 Å². The van der Waals surface area contributed by atoms with Crippen LogP contribution in [0, 0.1) is 0 Å². The number of hydrogen-bond acceptors (Lipinski definition) is 6. The van der Waals surface area contributed by atoms with Crippen molar-refractivity contribution in [2.75, 3.05) is 19.8 Å².